The molecule has 0 bridgehead atoms. The maximum absolute atomic E-state index is 11.9. The average Bonchev–Trinajstić information content (AvgIpc) is 2.93. The molecule has 0 saturated carbocycles. The molecule has 0 spiro atoms. The lowest BCUT2D eigenvalue weighted by Gasteiger charge is -2.23. The first kappa shape index (κ1) is 31.4. The van der Waals surface area contributed by atoms with Crippen LogP contribution in [0.1, 0.15) is 44.2 Å². The molecule has 0 aliphatic heterocycles. The van der Waals surface area contributed by atoms with Gasteiger partial charge >= 0.3 is 0 Å². The highest BCUT2D eigenvalue weighted by atomic mass is 32.1. The lowest BCUT2D eigenvalue weighted by atomic mass is 9.90. The second-order valence-corrected chi connectivity index (χ2v) is 9.87. The number of rotatable bonds is 7. The fraction of sp³-hybridized carbons (Fsp3) is 0.303. The fourth-order valence-electron chi connectivity index (χ4n) is 4.41. The number of nitrogens with zero attached hydrogens (tertiary/aromatic N) is 2. The van der Waals surface area contributed by atoms with E-state index < -0.39 is 6.17 Å². The van der Waals surface area contributed by atoms with Gasteiger partial charge in [0.1, 0.15) is 0 Å². The first-order valence-electron chi connectivity index (χ1n) is 13.2. The number of anilines is 2. The van der Waals surface area contributed by atoms with Gasteiger partial charge in [-0.15, -0.1) is 0 Å². The third-order valence-electron chi connectivity index (χ3n) is 6.33. The van der Waals surface area contributed by atoms with Crippen LogP contribution in [0, 0.1) is 12.8 Å². The fourth-order valence-corrected chi connectivity index (χ4v) is 4.41. The Kier molecular flexibility index (Phi) is 13.1. The van der Waals surface area contributed by atoms with E-state index in [1.807, 2.05) is 56.6 Å². The summed E-state index contributed by atoms with van der Waals surface area (Å²) >= 11 is 3.83. The summed E-state index contributed by atoms with van der Waals surface area (Å²) in [7, 11) is 4.06. The Hall–Kier alpha value is -3.77. The number of aliphatic imine (C=N–C) groups is 1. The third-order valence-corrected chi connectivity index (χ3v) is 6.33. The second-order valence-electron chi connectivity index (χ2n) is 9.87. The van der Waals surface area contributed by atoms with Gasteiger partial charge < -0.3 is 16.0 Å². The molecule has 3 N–H and O–H groups in total. The van der Waals surface area contributed by atoms with E-state index in [1.54, 1.807) is 0 Å². The van der Waals surface area contributed by atoms with Crippen LogP contribution in [0.2, 0.25) is 0 Å². The Morgan fingerprint density at radius 3 is 2.38 bits per heavy atom. The van der Waals surface area contributed by atoms with Crippen molar-refractivity contribution in [2.75, 3.05) is 24.3 Å². The summed E-state index contributed by atoms with van der Waals surface area (Å²) in [6, 6.07) is 16.1. The number of benzene rings is 2. The number of aldehydes is 1. The van der Waals surface area contributed by atoms with Crippen molar-refractivity contribution in [2.24, 2.45) is 16.6 Å². The third kappa shape index (κ3) is 9.80. The van der Waals surface area contributed by atoms with E-state index in [9.17, 15) is 4.79 Å². The minimum Gasteiger partial charge on any atom is -0.402 e. The minimum atomic E-state index is -0.668. The molecule has 206 valence electrons. The highest BCUT2D eigenvalue weighted by Crippen LogP contribution is 2.29. The van der Waals surface area contributed by atoms with E-state index in [0.717, 1.165) is 65.0 Å². The molecule has 5 nitrogen and oxygen atoms in total. The number of hydrogen-bond acceptors (Lipinski definition) is 6. The molecule has 0 aromatic heterocycles. The van der Waals surface area contributed by atoms with Crippen LogP contribution in [-0.4, -0.2) is 38.1 Å². The number of hydrogen-bond donors (Lipinski definition) is 2. The molecule has 0 heterocycles. The smallest absolute Gasteiger partial charge is 0.175 e. The summed E-state index contributed by atoms with van der Waals surface area (Å²) in [4.78, 5) is 18.9. The molecule has 6 heteroatoms. The van der Waals surface area contributed by atoms with E-state index in [1.165, 1.54) is 5.57 Å². The van der Waals surface area contributed by atoms with Gasteiger partial charge in [-0.3, -0.25) is 9.79 Å². The number of carbonyl (C=O) groups excluding carboxylic acids is 1. The molecule has 39 heavy (non-hydrogen) atoms. The van der Waals surface area contributed by atoms with Crippen molar-refractivity contribution in [3.05, 3.63) is 107 Å². The van der Waals surface area contributed by atoms with Crippen molar-refractivity contribution in [2.45, 2.75) is 46.2 Å². The SMILES string of the molecule is C=S.CC1=CCCC=C1/C(=N/C(C=O)Nc1ccccc1)c1cc(C)ccc1N(C)C.CC1C=CC=C(N)C1. The quantitative estimate of drug-likeness (QED) is 0.220. The molecule has 0 saturated heterocycles. The van der Waals surface area contributed by atoms with E-state index in [0.29, 0.717) is 5.92 Å². The Morgan fingerprint density at radius 2 is 1.82 bits per heavy atom. The predicted octanol–water partition coefficient (Wildman–Crippen LogP) is 7.19. The zero-order valence-corrected chi connectivity index (χ0v) is 24.7. The van der Waals surface area contributed by atoms with Crippen molar-refractivity contribution in [1.29, 1.82) is 0 Å². The summed E-state index contributed by atoms with van der Waals surface area (Å²) in [5, 5.41) is 3.23. The number of nitrogens with two attached hydrogens (primary N) is 1. The molecule has 0 fully saturated rings. The maximum atomic E-state index is 11.9. The lowest BCUT2D eigenvalue weighted by molar-refractivity contribution is -0.108. The molecule has 2 aliphatic rings. The van der Waals surface area contributed by atoms with E-state index in [2.05, 4.69) is 85.5 Å². The summed E-state index contributed by atoms with van der Waals surface area (Å²) in [6.45, 7) is 6.36. The largest absolute Gasteiger partial charge is 0.402 e. The first-order valence-corrected chi connectivity index (χ1v) is 13.8. The molecular formula is C33H42N4OS. The van der Waals surface area contributed by atoms with Gasteiger partial charge in [-0.2, -0.15) is 0 Å². The Morgan fingerprint density at radius 1 is 1.13 bits per heavy atom. The molecule has 2 unspecified atom stereocenters. The minimum absolute atomic E-state index is 0.639. The molecule has 0 radical (unpaired) electrons. The van der Waals surface area contributed by atoms with E-state index in [-0.39, 0.29) is 0 Å². The molecule has 2 atom stereocenters. The highest BCUT2D eigenvalue weighted by molar-refractivity contribution is 7.77. The van der Waals surface area contributed by atoms with E-state index in [4.69, 9.17) is 10.7 Å². The normalized spacial score (nSPS) is 17.1. The van der Waals surface area contributed by atoms with Crippen molar-refractivity contribution < 1.29 is 4.79 Å². The van der Waals surface area contributed by atoms with Crippen LogP contribution in [0.4, 0.5) is 11.4 Å². The van der Waals surface area contributed by atoms with Gasteiger partial charge in [-0.05, 0) is 86.4 Å². The van der Waals surface area contributed by atoms with Crippen LogP contribution in [0.25, 0.3) is 0 Å². The molecule has 0 amide bonds. The van der Waals surface area contributed by atoms with Crippen LogP contribution >= 0.6 is 12.2 Å². The van der Waals surface area contributed by atoms with Crippen LogP contribution < -0.4 is 16.0 Å². The van der Waals surface area contributed by atoms with Crippen molar-refractivity contribution in [3.63, 3.8) is 0 Å². The number of nitrogens with one attached hydrogen (secondary N) is 1. The highest BCUT2D eigenvalue weighted by Gasteiger charge is 2.20. The Labute approximate surface area is 239 Å². The monoisotopic (exact) mass is 542 g/mol. The Bertz CT molecular complexity index is 1240. The number of thiocarbonyl (C=S) groups is 1. The average molecular weight is 543 g/mol. The first-order chi connectivity index (χ1) is 18.8. The van der Waals surface area contributed by atoms with E-state index >= 15 is 0 Å². The predicted molar refractivity (Wildman–Crippen MR) is 173 cm³/mol. The zero-order chi connectivity index (χ0) is 28.8. The molecule has 4 rings (SSSR count). The van der Waals surface area contributed by atoms with Gasteiger partial charge in [-0.25, -0.2) is 0 Å². The summed E-state index contributed by atoms with van der Waals surface area (Å²) in [5.41, 5.74) is 13.8. The molecule has 2 aromatic carbocycles. The Balaban J connectivity index is 0.000000451. The second kappa shape index (κ2) is 16.2. The standard InChI is InChI=1S/C25H29N3O.C7H11N.CH2S/c1-18-14-15-23(28(3)4)22(16-18)25(21-13-9-8-10-19(21)2)27-24(17-29)26-20-11-6-5-7-12-20;1-6-3-2-4-7(8)5-6;1-2/h5-7,10-17,24,26H,8-9H2,1-4H3;2-4,6H,5,8H2,1H3;1H2/b27-25-;;. The summed E-state index contributed by atoms with van der Waals surface area (Å²) < 4.78 is 0. The van der Waals surface area contributed by atoms with Crippen LogP contribution in [0.5, 0.6) is 0 Å². The maximum Gasteiger partial charge on any atom is 0.175 e. The van der Waals surface area contributed by atoms with Gasteiger partial charge in [0.25, 0.3) is 0 Å². The molecular weight excluding hydrogens is 500 g/mol. The topological polar surface area (TPSA) is 70.7 Å². The van der Waals surface area contributed by atoms with Gasteiger partial charge in [0.15, 0.2) is 12.5 Å². The van der Waals surface area contributed by atoms with Crippen LogP contribution in [0.3, 0.4) is 0 Å². The van der Waals surface area contributed by atoms with Gasteiger partial charge in [0.2, 0.25) is 0 Å². The van der Waals surface area contributed by atoms with Crippen molar-refractivity contribution in [3.8, 4) is 0 Å². The molecule has 2 aromatic rings. The number of aryl methyl sites for hydroxylation is 1. The van der Waals surface area contributed by atoms with Gasteiger partial charge in [0.05, 0.1) is 5.71 Å². The van der Waals surface area contributed by atoms with Crippen molar-refractivity contribution in [1.82, 2.24) is 0 Å². The number of carbonyl (C=O) groups is 1. The number of allylic oxidation sites excluding steroid dienone is 8. The van der Waals surface area contributed by atoms with Crippen molar-refractivity contribution >= 4 is 41.5 Å². The van der Waals surface area contributed by atoms with Crippen LogP contribution in [0.15, 0.2) is 101 Å². The number of para-hydroxylation sites is 1. The summed E-state index contributed by atoms with van der Waals surface area (Å²) in [6.07, 6.45) is 13.9. The zero-order valence-electron chi connectivity index (χ0n) is 23.9. The molecule has 2 aliphatic carbocycles. The lowest BCUT2D eigenvalue weighted by Crippen LogP contribution is -2.24. The van der Waals surface area contributed by atoms with Crippen LogP contribution in [-0.2, 0) is 4.79 Å². The van der Waals surface area contributed by atoms with Gasteiger partial charge in [0, 0.05) is 36.7 Å². The summed E-state index contributed by atoms with van der Waals surface area (Å²) in [5.74, 6) is 3.47. The van der Waals surface area contributed by atoms with Gasteiger partial charge in [-0.1, -0.05) is 73.3 Å².